The van der Waals surface area contributed by atoms with Gasteiger partial charge in [0.25, 0.3) is 0 Å². The number of nitrogens with zero attached hydrogens (tertiary/aromatic N) is 1. The van der Waals surface area contributed by atoms with Crippen LogP contribution in [0.2, 0.25) is 10.0 Å². The number of carbonyl (C=O) groups is 4. The van der Waals surface area contributed by atoms with Crippen molar-refractivity contribution in [2.45, 2.75) is 12.5 Å². The van der Waals surface area contributed by atoms with Gasteiger partial charge in [-0.05, 0) is 75.5 Å². The molecule has 1 atom stereocenters. The molecule has 0 aromatic heterocycles. The van der Waals surface area contributed by atoms with Crippen LogP contribution in [-0.2, 0) is 34.2 Å². The van der Waals surface area contributed by atoms with Crippen molar-refractivity contribution >= 4 is 92.2 Å². The number of phenols is 2. The molecule has 2 aliphatic heterocycles. The second-order valence-corrected chi connectivity index (χ2v) is 13.8. The van der Waals surface area contributed by atoms with E-state index in [9.17, 15) is 29.4 Å². The lowest BCUT2D eigenvalue weighted by Crippen LogP contribution is -2.38. The minimum Gasteiger partial charge on any atom is -0.506 e. The van der Waals surface area contributed by atoms with Crippen LogP contribution in [0.3, 0.4) is 0 Å². The van der Waals surface area contributed by atoms with E-state index < -0.39 is 23.5 Å². The van der Waals surface area contributed by atoms with E-state index >= 15 is 0 Å². The average Bonchev–Trinajstić information content (AvgIpc) is 3.37. The molecule has 1 unspecified atom stereocenters. The maximum atomic E-state index is 13.0. The number of halogens is 4. The van der Waals surface area contributed by atoms with Crippen molar-refractivity contribution in [1.82, 2.24) is 4.90 Å². The van der Waals surface area contributed by atoms with E-state index in [1.807, 2.05) is 51.2 Å². The highest BCUT2D eigenvalue weighted by molar-refractivity contribution is 14.1. The lowest BCUT2D eigenvalue weighted by Gasteiger charge is -2.37. The van der Waals surface area contributed by atoms with E-state index in [1.165, 1.54) is 33.3 Å². The Bertz CT molecular complexity index is 2020. The van der Waals surface area contributed by atoms with Crippen LogP contribution >= 0.6 is 68.4 Å². The Kier molecular flexibility index (Phi) is 11.2. The van der Waals surface area contributed by atoms with Gasteiger partial charge in [-0.1, -0.05) is 41.4 Å². The number of rotatable bonds is 6. The fourth-order valence-electron chi connectivity index (χ4n) is 5.20. The molecule has 6 rings (SSSR count). The Hall–Kier alpha value is -4.00. The topological polar surface area (TPSA) is 158 Å². The lowest BCUT2D eigenvalue weighted by molar-refractivity contribution is -0.151. The summed E-state index contributed by atoms with van der Waals surface area (Å²) in [6.07, 6.45) is 0. The molecule has 0 bridgehead atoms. The number of esters is 3. The summed E-state index contributed by atoms with van der Waals surface area (Å²) in [7, 11) is 2.41. The zero-order valence-electron chi connectivity index (χ0n) is 26.2. The number of methoxy groups -OCH3 is 2. The van der Waals surface area contributed by atoms with Crippen LogP contribution in [0, 0.1) is 7.14 Å². The molecule has 260 valence electrons. The smallest absolute Gasteiger partial charge is 0.340 e. The Labute approximate surface area is 322 Å². The van der Waals surface area contributed by atoms with Crippen LogP contribution in [0.1, 0.15) is 34.0 Å². The SMILES string of the molecule is COC(=O)CN(CC(=O)OC)C(C)=O.O=C1OC2(c3cc(Cl)c(O)cc3Oc3cc(Oc4cc(I)c(O)c(I)c4)c(Cl)cc32)c2ccccc21. The van der Waals surface area contributed by atoms with Crippen molar-refractivity contribution in [3.05, 3.63) is 100 Å². The van der Waals surface area contributed by atoms with Crippen molar-refractivity contribution < 1.29 is 53.1 Å². The van der Waals surface area contributed by atoms with Crippen LogP contribution in [0.15, 0.2) is 60.7 Å². The van der Waals surface area contributed by atoms with Crippen molar-refractivity contribution in [2.24, 2.45) is 0 Å². The molecule has 12 nitrogen and oxygen atoms in total. The first-order valence-corrected chi connectivity index (χ1v) is 17.2. The summed E-state index contributed by atoms with van der Waals surface area (Å²) in [6, 6.07) is 16.6. The first-order chi connectivity index (χ1) is 23.7. The molecule has 0 saturated carbocycles. The summed E-state index contributed by atoms with van der Waals surface area (Å²) < 4.78 is 28.3. The third kappa shape index (κ3) is 7.24. The standard InChI is InChI=1S/C26H12Cl2I2O6.C8H13NO5/c27-16-7-14-21(9-20(16)31)35-22-10-23(34-11-5-18(29)24(32)19(30)6-11)17(28)8-15(22)26(14)13-4-2-1-3-12(13)25(33)36-26;1-6(10)9(4-7(11)13-2)5-8(12)14-3/h1-10,31-32H;4-5H2,1-3H3. The van der Waals surface area contributed by atoms with Crippen LogP contribution < -0.4 is 9.47 Å². The first kappa shape index (κ1) is 37.3. The molecule has 0 radical (unpaired) electrons. The van der Waals surface area contributed by atoms with E-state index in [0.717, 1.165) is 4.90 Å². The predicted molar refractivity (Wildman–Crippen MR) is 196 cm³/mol. The number of phenolic OH excluding ortho intramolecular Hbond substituents is 2. The van der Waals surface area contributed by atoms with E-state index in [-0.39, 0.29) is 46.3 Å². The predicted octanol–water partition coefficient (Wildman–Crippen LogP) is 7.16. The third-order valence-electron chi connectivity index (χ3n) is 7.59. The van der Waals surface area contributed by atoms with E-state index in [1.54, 1.807) is 42.5 Å². The van der Waals surface area contributed by atoms with Crippen molar-refractivity contribution in [3.8, 4) is 34.5 Å². The Morgan fingerprint density at radius 2 is 1.40 bits per heavy atom. The molecule has 1 spiro atoms. The van der Waals surface area contributed by atoms with Gasteiger partial charge in [0.2, 0.25) is 5.91 Å². The molecule has 2 heterocycles. The summed E-state index contributed by atoms with van der Waals surface area (Å²) >= 11 is 17.0. The van der Waals surface area contributed by atoms with Gasteiger partial charge in [-0.25, -0.2) is 4.79 Å². The zero-order chi connectivity index (χ0) is 36.5. The average molecular weight is 948 g/mol. The second kappa shape index (κ2) is 15.1. The largest absolute Gasteiger partial charge is 0.506 e. The van der Waals surface area contributed by atoms with Gasteiger partial charge in [0, 0.05) is 35.7 Å². The lowest BCUT2D eigenvalue weighted by atomic mass is 9.77. The Morgan fingerprint density at radius 3 is 1.98 bits per heavy atom. The van der Waals surface area contributed by atoms with E-state index in [4.69, 9.17) is 37.4 Å². The minimum absolute atomic E-state index is 0.0863. The van der Waals surface area contributed by atoms with Gasteiger partial charge < -0.3 is 38.8 Å². The van der Waals surface area contributed by atoms with E-state index in [2.05, 4.69) is 9.47 Å². The molecule has 4 aromatic carbocycles. The Morgan fingerprint density at radius 1 is 0.840 bits per heavy atom. The fourth-order valence-corrected chi connectivity index (χ4v) is 7.28. The zero-order valence-corrected chi connectivity index (χ0v) is 32.0. The van der Waals surface area contributed by atoms with E-state index in [0.29, 0.717) is 46.6 Å². The monoisotopic (exact) mass is 947 g/mol. The molecular formula is C34H25Cl2I2NO11. The number of carbonyl (C=O) groups excluding carboxylic acids is 4. The molecule has 0 fully saturated rings. The van der Waals surface area contributed by atoms with Gasteiger partial charge in [-0.3, -0.25) is 14.4 Å². The number of benzene rings is 4. The quantitative estimate of drug-likeness (QED) is 0.115. The first-order valence-electron chi connectivity index (χ1n) is 14.3. The number of amides is 1. The van der Waals surface area contributed by atoms with Crippen LogP contribution in [0.5, 0.6) is 34.5 Å². The van der Waals surface area contributed by atoms with Crippen LogP contribution in [0.25, 0.3) is 0 Å². The summed E-state index contributed by atoms with van der Waals surface area (Å²) in [4.78, 5) is 46.6. The molecule has 1 amide bonds. The maximum absolute atomic E-state index is 13.0. The molecular weight excluding hydrogens is 923 g/mol. The molecule has 2 aliphatic rings. The molecule has 16 heteroatoms. The number of aromatic hydroxyl groups is 2. The molecule has 4 aromatic rings. The van der Waals surface area contributed by atoms with Gasteiger partial charge in [0.05, 0.1) is 37.0 Å². The number of fused-ring (bicyclic) bond motifs is 6. The van der Waals surface area contributed by atoms with Crippen LogP contribution in [-0.4, -0.2) is 66.2 Å². The van der Waals surface area contributed by atoms with Gasteiger partial charge in [-0.2, -0.15) is 0 Å². The van der Waals surface area contributed by atoms with Crippen LogP contribution in [0.4, 0.5) is 0 Å². The van der Waals surface area contributed by atoms with Crippen molar-refractivity contribution in [1.29, 1.82) is 0 Å². The fraction of sp³-hybridized carbons (Fsp3) is 0.176. The normalized spacial score (nSPS) is 14.9. The number of hydrogen-bond acceptors (Lipinski definition) is 11. The molecule has 2 N–H and O–H groups in total. The highest BCUT2D eigenvalue weighted by Crippen LogP contribution is 2.58. The van der Waals surface area contributed by atoms with Crippen molar-refractivity contribution in [3.63, 3.8) is 0 Å². The summed E-state index contributed by atoms with van der Waals surface area (Å²) in [5.74, 6) is -0.689. The highest BCUT2D eigenvalue weighted by Gasteiger charge is 2.54. The summed E-state index contributed by atoms with van der Waals surface area (Å²) in [6.45, 7) is 0.758. The number of ether oxygens (including phenoxy) is 5. The van der Waals surface area contributed by atoms with Gasteiger partial charge in [0.15, 0.2) is 5.60 Å². The second-order valence-electron chi connectivity index (χ2n) is 10.7. The van der Waals surface area contributed by atoms with Gasteiger partial charge in [0.1, 0.15) is 47.6 Å². The molecule has 50 heavy (non-hydrogen) atoms. The molecule has 0 saturated heterocycles. The van der Waals surface area contributed by atoms with Crippen molar-refractivity contribution in [2.75, 3.05) is 27.3 Å². The molecule has 0 aliphatic carbocycles. The van der Waals surface area contributed by atoms with Gasteiger partial charge >= 0.3 is 17.9 Å². The third-order valence-corrected chi connectivity index (χ3v) is 9.84. The maximum Gasteiger partial charge on any atom is 0.340 e. The highest BCUT2D eigenvalue weighted by atomic mass is 127. The number of hydrogen-bond donors (Lipinski definition) is 2. The van der Waals surface area contributed by atoms with Gasteiger partial charge in [-0.15, -0.1) is 0 Å². The minimum atomic E-state index is -1.39. The summed E-state index contributed by atoms with van der Waals surface area (Å²) in [5, 5.41) is 20.7. The Balaban J connectivity index is 0.000000296. The summed E-state index contributed by atoms with van der Waals surface area (Å²) in [5.41, 5.74) is 0.574.